The number of thiazole rings is 1. The van der Waals surface area contributed by atoms with Crippen molar-refractivity contribution in [3.63, 3.8) is 0 Å². The molecule has 1 N–H and O–H groups in total. The summed E-state index contributed by atoms with van der Waals surface area (Å²) in [5.74, 6) is -2.00. The molecule has 0 unspecified atom stereocenters. The molecule has 3 amide bonds. The summed E-state index contributed by atoms with van der Waals surface area (Å²) >= 11 is 1.23. The number of nitro groups is 1. The molecule has 0 fully saturated rings. The average molecular weight is 436 g/mol. The van der Waals surface area contributed by atoms with Crippen LogP contribution in [0.4, 0.5) is 10.8 Å². The third-order valence-electron chi connectivity index (χ3n) is 5.02. The SMILES string of the molecule is Cc1ccc(-c2csc(NC(=O)CN3C(=O)c4ccc([N+](=O)[O-])cc4C3=O)n2)cc1C. The molecule has 31 heavy (non-hydrogen) atoms. The van der Waals surface area contributed by atoms with Crippen molar-refractivity contribution < 1.29 is 19.3 Å². The van der Waals surface area contributed by atoms with Crippen LogP contribution in [0.3, 0.4) is 0 Å². The fourth-order valence-electron chi connectivity index (χ4n) is 3.20. The normalized spacial score (nSPS) is 12.8. The number of benzene rings is 2. The Balaban J connectivity index is 1.46. The number of hydrogen-bond donors (Lipinski definition) is 1. The van der Waals surface area contributed by atoms with Crippen LogP contribution in [0.1, 0.15) is 31.8 Å². The number of nitrogens with one attached hydrogen (secondary N) is 1. The first kappa shape index (κ1) is 20.4. The maximum Gasteiger partial charge on any atom is 0.270 e. The second kappa shape index (κ2) is 7.73. The van der Waals surface area contributed by atoms with E-state index in [0.717, 1.165) is 28.2 Å². The highest BCUT2D eigenvalue weighted by atomic mass is 32.1. The summed E-state index contributed by atoms with van der Waals surface area (Å²) < 4.78 is 0. The van der Waals surface area contributed by atoms with Gasteiger partial charge in [0.15, 0.2) is 5.13 Å². The van der Waals surface area contributed by atoms with Crippen LogP contribution in [0.15, 0.2) is 41.8 Å². The van der Waals surface area contributed by atoms with E-state index in [1.165, 1.54) is 23.0 Å². The molecular weight excluding hydrogens is 420 g/mol. The summed E-state index contributed by atoms with van der Waals surface area (Å²) in [4.78, 5) is 52.8. The number of carbonyl (C=O) groups is 3. The molecule has 0 atom stereocenters. The maximum absolute atomic E-state index is 12.5. The minimum Gasteiger partial charge on any atom is -0.300 e. The van der Waals surface area contributed by atoms with E-state index < -0.39 is 29.2 Å². The molecule has 0 bridgehead atoms. The summed E-state index contributed by atoms with van der Waals surface area (Å²) in [6.45, 7) is 3.51. The second-order valence-corrected chi connectivity index (χ2v) is 7.93. The van der Waals surface area contributed by atoms with Gasteiger partial charge in [0.1, 0.15) is 6.54 Å². The number of imide groups is 1. The smallest absolute Gasteiger partial charge is 0.270 e. The number of aromatic nitrogens is 1. The lowest BCUT2D eigenvalue weighted by molar-refractivity contribution is -0.384. The Hall–Kier alpha value is -3.92. The van der Waals surface area contributed by atoms with Gasteiger partial charge in [-0.2, -0.15) is 0 Å². The first-order valence-corrected chi connectivity index (χ1v) is 10.1. The number of anilines is 1. The average Bonchev–Trinajstić information content (AvgIpc) is 3.28. The van der Waals surface area contributed by atoms with Gasteiger partial charge in [-0.1, -0.05) is 12.1 Å². The quantitative estimate of drug-likeness (QED) is 0.371. The number of nitro benzene ring substituents is 1. The molecule has 2 heterocycles. The van der Waals surface area contributed by atoms with Gasteiger partial charge in [0, 0.05) is 23.1 Å². The van der Waals surface area contributed by atoms with Crippen LogP contribution in [0.25, 0.3) is 11.3 Å². The number of hydrogen-bond acceptors (Lipinski definition) is 7. The van der Waals surface area contributed by atoms with Crippen molar-refractivity contribution in [3.05, 3.63) is 74.1 Å². The molecule has 1 aromatic heterocycles. The number of rotatable bonds is 5. The fourth-order valence-corrected chi connectivity index (χ4v) is 3.94. The van der Waals surface area contributed by atoms with Crippen molar-refractivity contribution in [1.29, 1.82) is 0 Å². The molecule has 9 nitrogen and oxygen atoms in total. The number of nitrogens with zero attached hydrogens (tertiary/aromatic N) is 3. The predicted molar refractivity (Wildman–Crippen MR) is 114 cm³/mol. The van der Waals surface area contributed by atoms with Crippen LogP contribution in [0.2, 0.25) is 0 Å². The molecule has 2 aromatic carbocycles. The van der Waals surface area contributed by atoms with Crippen molar-refractivity contribution >= 4 is 39.9 Å². The van der Waals surface area contributed by atoms with Gasteiger partial charge in [-0.25, -0.2) is 4.98 Å². The topological polar surface area (TPSA) is 123 Å². The van der Waals surface area contributed by atoms with E-state index in [1.807, 2.05) is 32.0 Å². The van der Waals surface area contributed by atoms with Crippen LogP contribution < -0.4 is 5.32 Å². The van der Waals surface area contributed by atoms with Gasteiger partial charge in [-0.15, -0.1) is 11.3 Å². The Morgan fingerprint density at radius 1 is 1.10 bits per heavy atom. The highest BCUT2D eigenvalue weighted by molar-refractivity contribution is 7.14. The number of carbonyl (C=O) groups excluding carboxylic acids is 3. The summed E-state index contributed by atoms with van der Waals surface area (Å²) in [5, 5.41) is 15.7. The molecule has 0 spiro atoms. The largest absolute Gasteiger partial charge is 0.300 e. The fraction of sp³-hybridized carbons (Fsp3) is 0.143. The Labute approximate surface area is 180 Å². The number of non-ortho nitro benzene ring substituents is 1. The Morgan fingerprint density at radius 2 is 1.84 bits per heavy atom. The van der Waals surface area contributed by atoms with Gasteiger partial charge in [0.05, 0.1) is 21.7 Å². The molecule has 4 rings (SSSR count). The van der Waals surface area contributed by atoms with Gasteiger partial charge in [-0.3, -0.25) is 29.4 Å². The lowest BCUT2D eigenvalue weighted by Gasteiger charge is -2.12. The van der Waals surface area contributed by atoms with Crippen LogP contribution in [-0.2, 0) is 4.79 Å². The first-order valence-electron chi connectivity index (χ1n) is 9.22. The van der Waals surface area contributed by atoms with Gasteiger partial charge in [0.25, 0.3) is 17.5 Å². The van der Waals surface area contributed by atoms with Crippen LogP contribution in [-0.4, -0.2) is 39.1 Å². The zero-order valence-electron chi connectivity index (χ0n) is 16.5. The second-order valence-electron chi connectivity index (χ2n) is 7.07. The molecule has 156 valence electrons. The van der Waals surface area contributed by atoms with Crippen LogP contribution >= 0.6 is 11.3 Å². The predicted octanol–water partition coefficient (Wildman–Crippen LogP) is 3.57. The maximum atomic E-state index is 12.5. The van der Waals surface area contributed by atoms with Crippen molar-refractivity contribution in [2.45, 2.75) is 13.8 Å². The van der Waals surface area contributed by atoms with E-state index in [-0.39, 0.29) is 16.8 Å². The standard InChI is InChI=1S/C21H16N4O5S/c1-11-3-4-13(7-12(11)2)17-10-31-21(22-17)23-18(26)9-24-19(27)15-6-5-14(25(29)30)8-16(15)20(24)28/h3-8,10H,9H2,1-2H3,(H,22,23,26). The number of fused-ring (bicyclic) bond motifs is 1. The van der Waals surface area contributed by atoms with E-state index in [9.17, 15) is 24.5 Å². The molecule has 0 saturated carbocycles. The number of amides is 3. The van der Waals surface area contributed by atoms with Gasteiger partial charge < -0.3 is 5.32 Å². The molecule has 1 aliphatic rings. The third-order valence-corrected chi connectivity index (χ3v) is 5.78. The molecule has 0 aliphatic carbocycles. The van der Waals surface area contributed by atoms with Gasteiger partial charge >= 0.3 is 0 Å². The van der Waals surface area contributed by atoms with Crippen molar-refractivity contribution in [2.24, 2.45) is 0 Å². The molecule has 10 heteroatoms. The third kappa shape index (κ3) is 3.80. The van der Waals surface area contributed by atoms with Crippen molar-refractivity contribution in [1.82, 2.24) is 9.88 Å². The molecule has 0 radical (unpaired) electrons. The van der Waals surface area contributed by atoms with Crippen molar-refractivity contribution in [3.8, 4) is 11.3 Å². The zero-order valence-corrected chi connectivity index (χ0v) is 17.4. The molecule has 0 saturated heterocycles. The summed E-state index contributed by atoms with van der Waals surface area (Å²) in [5.41, 5.74) is 3.57. The summed E-state index contributed by atoms with van der Waals surface area (Å²) in [7, 11) is 0. The lowest BCUT2D eigenvalue weighted by atomic mass is 10.1. The van der Waals surface area contributed by atoms with Crippen LogP contribution in [0.5, 0.6) is 0 Å². The van der Waals surface area contributed by atoms with Gasteiger partial charge in [-0.05, 0) is 37.1 Å². The molecular formula is C21H16N4O5S. The summed E-state index contributed by atoms with van der Waals surface area (Å²) in [6, 6.07) is 9.37. The highest BCUT2D eigenvalue weighted by Crippen LogP contribution is 2.28. The highest BCUT2D eigenvalue weighted by Gasteiger charge is 2.37. The zero-order chi connectivity index (χ0) is 22.3. The van der Waals surface area contributed by atoms with E-state index in [0.29, 0.717) is 10.8 Å². The Bertz CT molecular complexity index is 1270. The minimum atomic E-state index is -0.742. The first-order chi connectivity index (χ1) is 14.7. The minimum absolute atomic E-state index is 0.0367. The Morgan fingerprint density at radius 3 is 2.55 bits per heavy atom. The van der Waals surface area contributed by atoms with Crippen LogP contribution in [0, 0.1) is 24.0 Å². The Kier molecular flexibility index (Phi) is 5.07. The molecule has 3 aromatic rings. The van der Waals surface area contributed by atoms with E-state index >= 15 is 0 Å². The van der Waals surface area contributed by atoms with E-state index in [2.05, 4.69) is 10.3 Å². The number of aryl methyl sites for hydroxylation is 2. The van der Waals surface area contributed by atoms with E-state index in [1.54, 1.807) is 5.38 Å². The molecule has 1 aliphatic heterocycles. The monoisotopic (exact) mass is 436 g/mol. The summed E-state index contributed by atoms with van der Waals surface area (Å²) in [6.07, 6.45) is 0. The van der Waals surface area contributed by atoms with E-state index in [4.69, 9.17) is 0 Å². The lowest BCUT2D eigenvalue weighted by Crippen LogP contribution is -2.37. The van der Waals surface area contributed by atoms with Crippen molar-refractivity contribution in [2.75, 3.05) is 11.9 Å². The van der Waals surface area contributed by atoms with Gasteiger partial charge in [0.2, 0.25) is 5.91 Å².